The number of ketones is 1. The maximum atomic E-state index is 14.4. The zero-order valence-electron chi connectivity index (χ0n) is 11.2. The third kappa shape index (κ3) is 3.41. The molecule has 2 heteroatoms. The Bertz CT molecular complexity index is 562. The summed E-state index contributed by atoms with van der Waals surface area (Å²) >= 11 is 0. The first kappa shape index (κ1) is 14.2. The lowest BCUT2D eigenvalue weighted by molar-refractivity contribution is -0.123. The van der Waals surface area contributed by atoms with Gasteiger partial charge in [0.15, 0.2) is 12.0 Å². The van der Waals surface area contributed by atoms with E-state index in [2.05, 4.69) is 6.58 Å². The molecular weight excluding hydrogens is 251 g/mol. The number of Topliss-reactive ketones (excluding diaryl/α,β-unsaturated/α-hetero) is 1. The molecule has 0 aliphatic carbocycles. The number of rotatable bonds is 6. The molecule has 0 saturated carbocycles. The normalized spacial score (nSPS) is 13.4. The molecule has 0 radical (unpaired) electrons. The second-order valence-corrected chi connectivity index (χ2v) is 4.70. The number of alkyl halides is 1. The fourth-order valence-corrected chi connectivity index (χ4v) is 2.19. The second-order valence-electron chi connectivity index (χ2n) is 4.70. The molecule has 2 rings (SSSR count). The SMILES string of the molecule is C=CC(c1ccccc1)C(F)C(=O)Cc1ccccc1. The third-order valence-electron chi connectivity index (χ3n) is 3.28. The van der Waals surface area contributed by atoms with Crippen molar-refractivity contribution in [3.05, 3.63) is 84.4 Å². The lowest BCUT2D eigenvalue weighted by Crippen LogP contribution is -2.24. The molecule has 2 aromatic carbocycles. The summed E-state index contributed by atoms with van der Waals surface area (Å²) in [7, 11) is 0. The summed E-state index contributed by atoms with van der Waals surface area (Å²) in [5.74, 6) is -1.00. The summed E-state index contributed by atoms with van der Waals surface area (Å²) in [5, 5.41) is 0. The van der Waals surface area contributed by atoms with Crippen LogP contribution in [0, 0.1) is 0 Å². The Balaban J connectivity index is 2.11. The molecule has 2 atom stereocenters. The Labute approximate surface area is 118 Å². The average molecular weight is 268 g/mol. The number of carbonyl (C=O) groups is 1. The molecule has 2 aromatic rings. The van der Waals surface area contributed by atoms with Crippen LogP contribution in [0.15, 0.2) is 73.3 Å². The van der Waals surface area contributed by atoms with E-state index < -0.39 is 17.9 Å². The van der Waals surface area contributed by atoms with Crippen LogP contribution in [0.25, 0.3) is 0 Å². The van der Waals surface area contributed by atoms with Crippen LogP contribution in [-0.4, -0.2) is 12.0 Å². The first-order valence-corrected chi connectivity index (χ1v) is 6.60. The lowest BCUT2D eigenvalue weighted by Gasteiger charge is -2.17. The van der Waals surface area contributed by atoms with Gasteiger partial charge in [0.2, 0.25) is 0 Å². The van der Waals surface area contributed by atoms with Crippen molar-refractivity contribution in [1.29, 1.82) is 0 Å². The highest BCUT2D eigenvalue weighted by atomic mass is 19.1. The Morgan fingerprint density at radius 3 is 2.15 bits per heavy atom. The van der Waals surface area contributed by atoms with Crippen LogP contribution in [-0.2, 0) is 11.2 Å². The van der Waals surface area contributed by atoms with Crippen molar-refractivity contribution in [2.45, 2.75) is 18.5 Å². The molecule has 102 valence electrons. The van der Waals surface area contributed by atoms with E-state index in [1.807, 2.05) is 60.7 Å². The Kier molecular flexibility index (Phi) is 4.83. The molecule has 0 aromatic heterocycles. The molecule has 0 aliphatic heterocycles. The van der Waals surface area contributed by atoms with Crippen molar-refractivity contribution in [2.75, 3.05) is 0 Å². The van der Waals surface area contributed by atoms with Gasteiger partial charge in [-0.2, -0.15) is 0 Å². The Hall–Kier alpha value is -2.22. The quantitative estimate of drug-likeness (QED) is 0.721. The molecular formula is C18H17FO. The molecule has 20 heavy (non-hydrogen) atoms. The highest BCUT2D eigenvalue weighted by molar-refractivity contribution is 5.86. The number of hydrogen-bond donors (Lipinski definition) is 0. The lowest BCUT2D eigenvalue weighted by atomic mass is 9.90. The van der Waals surface area contributed by atoms with E-state index in [-0.39, 0.29) is 6.42 Å². The number of benzene rings is 2. The van der Waals surface area contributed by atoms with E-state index in [1.54, 1.807) is 0 Å². The molecule has 0 amide bonds. The van der Waals surface area contributed by atoms with Crippen molar-refractivity contribution in [2.24, 2.45) is 0 Å². The zero-order valence-corrected chi connectivity index (χ0v) is 11.2. The molecule has 0 N–H and O–H groups in total. The molecule has 0 fully saturated rings. The number of carbonyl (C=O) groups excluding carboxylic acids is 1. The van der Waals surface area contributed by atoms with Gasteiger partial charge in [0.05, 0.1) is 0 Å². The van der Waals surface area contributed by atoms with Gasteiger partial charge in [-0.25, -0.2) is 4.39 Å². The van der Waals surface area contributed by atoms with Gasteiger partial charge in [-0.1, -0.05) is 66.7 Å². The van der Waals surface area contributed by atoms with Gasteiger partial charge in [-0.3, -0.25) is 4.79 Å². The van der Waals surface area contributed by atoms with Crippen LogP contribution in [0.3, 0.4) is 0 Å². The van der Waals surface area contributed by atoms with E-state index in [9.17, 15) is 9.18 Å². The van der Waals surface area contributed by atoms with Gasteiger partial charge in [-0.15, -0.1) is 6.58 Å². The molecule has 0 saturated heterocycles. The maximum Gasteiger partial charge on any atom is 0.172 e. The minimum Gasteiger partial charge on any atom is -0.296 e. The molecule has 0 spiro atoms. The minimum absolute atomic E-state index is 0.110. The van der Waals surface area contributed by atoms with E-state index in [0.717, 1.165) is 11.1 Å². The van der Waals surface area contributed by atoms with E-state index in [1.165, 1.54) is 6.08 Å². The monoisotopic (exact) mass is 268 g/mol. The second kappa shape index (κ2) is 6.80. The minimum atomic E-state index is -1.56. The highest BCUT2D eigenvalue weighted by Gasteiger charge is 2.26. The summed E-state index contributed by atoms with van der Waals surface area (Å²) in [6.45, 7) is 3.66. The van der Waals surface area contributed by atoms with Crippen LogP contribution >= 0.6 is 0 Å². The molecule has 1 nitrogen and oxygen atoms in total. The summed E-state index contributed by atoms with van der Waals surface area (Å²) in [6, 6.07) is 18.4. The van der Waals surface area contributed by atoms with Crippen LogP contribution in [0.1, 0.15) is 17.0 Å². The van der Waals surface area contributed by atoms with Crippen molar-refractivity contribution in [3.8, 4) is 0 Å². The Morgan fingerprint density at radius 1 is 1.05 bits per heavy atom. The first-order chi connectivity index (χ1) is 9.72. The fourth-order valence-electron chi connectivity index (χ4n) is 2.19. The predicted molar refractivity (Wildman–Crippen MR) is 79.4 cm³/mol. The van der Waals surface area contributed by atoms with Gasteiger partial charge < -0.3 is 0 Å². The van der Waals surface area contributed by atoms with Crippen molar-refractivity contribution in [3.63, 3.8) is 0 Å². The van der Waals surface area contributed by atoms with Crippen molar-refractivity contribution >= 4 is 5.78 Å². The number of halogens is 1. The van der Waals surface area contributed by atoms with Crippen LogP contribution in [0.2, 0.25) is 0 Å². The third-order valence-corrected chi connectivity index (χ3v) is 3.28. The molecule has 0 heterocycles. The topological polar surface area (TPSA) is 17.1 Å². The van der Waals surface area contributed by atoms with Gasteiger partial charge in [0.25, 0.3) is 0 Å². The maximum absolute atomic E-state index is 14.4. The van der Waals surface area contributed by atoms with Crippen molar-refractivity contribution in [1.82, 2.24) is 0 Å². The van der Waals surface area contributed by atoms with Gasteiger partial charge in [0.1, 0.15) is 0 Å². The van der Waals surface area contributed by atoms with E-state index in [4.69, 9.17) is 0 Å². The van der Waals surface area contributed by atoms with Crippen LogP contribution < -0.4 is 0 Å². The standard InChI is InChI=1S/C18H17FO/c1-2-16(15-11-7-4-8-12-15)18(19)17(20)13-14-9-5-3-6-10-14/h2-12,16,18H,1,13H2. The predicted octanol–water partition coefficient (Wildman–Crippen LogP) is 4.11. The summed E-state index contributed by atoms with van der Waals surface area (Å²) in [6.07, 6.45) is 0.0531. The molecule has 0 aliphatic rings. The summed E-state index contributed by atoms with van der Waals surface area (Å²) in [5.41, 5.74) is 1.60. The number of allylic oxidation sites excluding steroid dienone is 1. The largest absolute Gasteiger partial charge is 0.296 e. The first-order valence-electron chi connectivity index (χ1n) is 6.60. The van der Waals surface area contributed by atoms with Crippen molar-refractivity contribution < 1.29 is 9.18 Å². The molecule has 2 unspecified atom stereocenters. The van der Waals surface area contributed by atoms with Gasteiger partial charge in [0, 0.05) is 12.3 Å². The molecule has 0 bridgehead atoms. The van der Waals surface area contributed by atoms with E-state index >= 15 is 0 Å². The zero-order chi connectivity index (χ0) is 14.4. The fraction of sp³-hybridized carbons (Fsp3) is 0.167. The van der Waals surface area contributed by atoms with Crippen LogP contribution in [0.4, 0.5) is 4.39 Å². The smallest absolute Gasteiger partial charge is 0.172 e. The van der Waals surface area contributed by atoms with Gasteiger partial charge in [-0.05, 0) is 11.1 Å². The van der Waals surface area contributed by atoms with Gasteiger partial charge >= 0.3 is 0 Å². The summed E-state index contributed by atoms with van der Waals surface area (Å²) < 4.78 is 14.4. The van der Waals surface area contributed by atoms with E-state index in [0.29, 0.717) is 0 Å². The number of hydrogen-bond acceptors (Lipinski definition) is 1. The summed E-state index contributed by atoms with van der Waals surface area (Å²) in [4.78, 5) is 12.1. The van der Waals surface area contributed by atoms with Crippen LogP contribution in [0.5, 0.6) is 0 Å². The Morgan fingerprint density at radius 2 is 1.60 bits per heavy atom. The highest BCUT2D eigenvalue weighted by Crippen LogP contribution is 2.24. The average Bonchev–Trinajstić information content (AvgIpc) is 2.50.